The van der Waals surface area contributed by atoms with E-state index in [1.54, 1.807) is 24.1 Å². The van der Waals surface area contributed by atoms with Crippen LogP contribution in [0.3, 0.4) is 0 Å². The van der Waals surface area contributed by atoms with Crippen molar-refractivity contribution in [1.82, 2.24) is 0 Å². The zero-order valence-electron chi connectivity index (χ0n) is 10.8. The molecule has 0 amide bonds. The molecule has 2 heterocycles. The number of alkyl halides is 3. The Balaban J connectivity index is 2.27. The molecular formula is C12H11F3N2O3S. The predicted molar refractivity (Wildman–Crippen MR) is 72.2 cm³/mol. The van der Waals surface area contributed by atoms with Gasteiger partial charge in [-0.25, -0.2) is 4.79 Å². The Morgan fingerprint density at radius 1 is 1.48 bits per heavy atom. The molecule has 1 aromatic rings. The van der Waals surface area contributed by atoms with E-state index in [9.17, 15) is 18.0 Å². The Bertz CT molecular complexity index is 607. The lowest BCUT2D eigenvalue weighted by Gasteiger charge is -2.14. The average Bonchev–Trinajstić information content (AvgIpc) is 2.98. The summed E-state index contributed by atoms with van der Waals surface area (Å²) in [4.78, 5) is 17.6. The molecule has 0 bridgehead atoms. The summed E-state index contributed by atoms with van der Waals surface area (Å²) in [6.45, 7) is 0.357. The van der Waals surface area contributed by atoms with Crippen LogP contribution in [0.2, 0.25) is 0 Å². The number of likely N-dealkylation sites (N-methyl/N-ethyl adjacent to an activating group) is 1. The van der Waals surface area contributed by atoms with E-state index in [-0.39, 0.29) is 6.61 Å². The van der Waals surface area contributed by atoms with Crippen molar-refractivity contribution in [3.05, 3.63) is 22.6 Å². The number of nitrogens with zero attached hydrogens (tertiary/aromatic N) is 2. The highest BCUT2D eigenvalue weighted by Crippen LogP contribution is 2.31. The number of thiophene rings is 1. The van der Waals surface area contributed by atoms with E-state index >= 15 is 0 Å². The third-order valence-electron chi connectivity index (χ3n) is 2.67. The summed E-state index contributed by atoms with van der Waals surface area (Å²) in [5.41, 5.74) is -1.94. The smallest absolute Gasteiger partial charge is 0.395 e. The number of hydrogen-bond donors (Lipinski definition) is 1. The Labute approximate surface area is 121 Å². The molecule has 21 heavy (non-hydrogen) atoms. The Kier molecular flexibility index (Phi) is 4.33. The predicted octanol–water partition coefficient (Wildman–Crippen LogP) is 2.04. The number of rotatable bonds is 4. The van der Waals surface area contributed by atoms with Gasteiger partial charge in [0.25, 0.3) is 0 Å². The molecule has 2 rings (SSSR count). The molecule has 114 valence electrons. The molecule has 0 atom stereocenters. The monoisotopic (exact) mass is 320 g/mol. The van der Waals surface area contributed by atoms with Crippen LogP contribution in [-0.2, 0) is 9.63 Å². The summed E-state index contributed by atoms with van der Waals surface area (Å²) in [6.07, 6.45) is -3.64. The first-order valence-electron chi connectivity index (χ1n) is 5.83. The highest BCUT2D eigenvalue weighted by Gasteiger charge is 2.45. The van der Waals surface area contributed by atoms with E-state index in [1.807, 2.05) is 0 Å². The van der Waals surface area contributed by atoms with Gasteiger partial charge in [0, 0.05) is 18.5 Å². The van der Waals surface area contributed by atoms with Crippen molar-refractivity contribution in [2.24, 2.45) is 5.16 Å². The quantitative estimate of drug-likeness (QED) is 0.681. The molecule has 1 aliphatic heterocycles. The molecule has 0 saturated carbocycles. The first-order chi connectivity index (χ1) is 9.82. The first kappa shape index (κ1) is 15.5. The van der Waals surface area contributed by atoms with Crippen LogP contribution in [0.25, 0.3) is 6.08 Å². The van der Waals surface area contributed by atoms with Crippen molar-refractivity contribution in [2.45, 2.75) is 6.18 Å². The van der Waals surface area contributed by atoms with Gasteiger partial charge in [-0.1, -0.05) is 5.16 Å². The molecule has 0 aliphatic carbocycles. The van der Waals surface area contributed by atoms with Gasteiger partial charge >= 0.3 is 12.1 Å². The lowest BCUT2D eigenvalue weighted by atomic mass is 10.1. The highest BCUT2D eigenvalue weighted by atomic mass is 32.1. The van der Waals surface area contributed by atoms with Gasteiger partial charge in [0.05, 0.1) is 17.2 Å². The van der Waals surface area contributed by atoms with Crippen LogP contribution < -0.4 is 4.90 Å². The SMILES string of the molecule is CN(CCO)c1ccc(C=C2C(=O)ON=C2C(F)(F)F)s1. The molecule has 0 spiro atoms. The fourth-order valence-corrected chi connectivity index (χ4v) is 2.58. The summed E-state index contributed by atoms with van der Waals surface area (Å²) in [5.74, 6) is -1.12. The van der Waals surface area contributed by atoms with Crippen LogP contribution >= 0.6 is 11.3 Å². The highest BCUT2D eigenvalue weighted by molar-refractivity contribution is 7.17. The second kappa shape index (κ2) is 5.86. The second-order valence-corrected chi connectivity index (χ2v) is 5.29. The van der Waals surface area contributed by atoms with Crippen molar-refractivity contribution in [3.63, 3.8) is 0 Å². The maximum absolute atomic E-state index is 12.7. The molecule has 5 nitrogen and oxygen atoms in total. The maximum Gasteiger partial charge on any atom is 0.437 e. The van der Waals surface area contributed by atoms with E-state index in [1.165, 1.54) is 11.3 Å². The minimum atomic E-state index is -4.74. The topological polar surface area (TPSA) is 62.1 Å². The van der Waals surface area contributed by atoms with Gasteiger partial charge in [-0.3, -0.25) is 0 Å². The zero-order valence-corrected chi connectivity index (χ0v) is 11.7. The van der Waals surface area contributed by atoms with E-state index in [2.05, 4.69) is 9.99 Å². The molecule has 0 saturated heterocycles. The number of carbonyl (C=O) groups is 1. The van der Waals surface area contributed by atoms with Crippen molar-refractivity contribution < 1.29 is 27.9 Å². The van der Waals surface area contributed by atoms with Crippen molar-refractivity contribution in [1.29, 1.82) is 0 Å². The number of oxime groups is 1. The van der Waals surface area contributed by atoms with Crippen molar-refractivity contribution in [2.75, 3.05) is 25.1 Å². The molecule has 1 aromatic heterocycles. The van der Waals surface area contributed by atoms with Crippen LogP contribution in [0.1, 0.15) is 4.88 Å². The van der Waals surface area contributed by atoms with E-state index in [0.717, 1.165) is 11.1 Å². The first-order valence-corrected chi connectivity index (χ1v) is 6.65. The Morgan fingerprint density at radius 3 is 2.81 bits per heavy atom. The largest absolute Gasteiger partial charge is 0.437 e. The summed E-state index contributed by atoms with van der Waals surface area (Å²) >= 11 is 1.19. The van der Waals surface area contributed by atoms with Crippen LogP contribution in [0.4, 0.5) is 18.2 Å². The number of halogens is 3. The third-order valence-corrected chi connectivity index (χ3v) is 3.82. The van der Waals surface area contributed by atoms with Crippen molar-refractivity contribution >= 4 is 34.1 Å². The molecular weight excluding hydrogens is 309 g/mol. The number of hydrogen-bond acceptors (Lipinski definition) is 6. The van der Waals surface area contributed by atoms with Crippen LogP contribution in [0.5, 0.6) is 0 Å². The Morgan fingerprint density at radius 2 is 2.19 bits per heavy atom. The summed E-state index contributed by atoms with van der Waals surface area (Å²) < 4.78 is 38.1. The standard InChI is InChI=1S/C12H11F3N2O3S/c1-17(4-5-18)9-3-2-7(21-9)6-8-10(12(13,14)15)16-20-11(8)19/h2-3,6,18H,4-5H2,1H3. The van der Waals surface area contributed by atoms with E-state index in [4.69, 9.17) is 5.11 Å². The summed E-state index contributed by atoms with van der Waals surface area (Å²) in [7, 11) is 1.74. The van der Waals surface area contributed by atoms with Crippen LogP contribution in [0, 0.1) is 0 Å². The minimum absolute atomic E-state index is 0.0397. The van der Waals surface area contributed by atoms with Crippen LogP contribution in [-0.4, -0.2) is 43.2 Å². The summed E-state index contributed by atoms with van der Waals surface area (Å²) in [5, 5.41) is 12.4. The average molecular weight is 320 g/mol. The Hall–Kier alpha value is -1.87. The second-order valence-electron chi connectivity index (χ2n) is 4.20. The van der Waals surface area contributed by atoms with Crippen LogP contribution in [0.15, 0.2) is 22.9 Å². The molecule has 0 aromatic carbocycles. The zero-order chi connectivity index (χ0) is 15.6. The van der Waals surface area contributed by atoms with Gasteiger partial charge in [0.1, 0.15) is 0 Å². The van der Waals surface area contributed by atoms with Gasteiger partial charge in [-0.05, 0) is 18.2 Å². The van der Waals surface area contributed by atoms with Gasteiger partial charge < -0.3 is 14.8 Å². The molecule has 9 heteroatoms. The minimum Gasteiger partial charge on any atom is -0.395 e. The lowest BCUT2D eigenvalue weighted by molar-refractivity contribution is -0.136. The fraction of sp³-hybridized carbons (Fsp3) is 0.333. The number of aliphatic hydroxyl groups is 1. The number of aliphatic hydroxyl groups excluding tert-OH is 1. The van der Waals surface area contributed by atoms with Gasteiger partial charge in [0.2, 0.25) is 0 Å². The van der Waals surface area contributed by atoms with Gasteiger partial charge in [0.15, 0.2) is 5.71 Å². The van der Waals surface area contributed by atoms with Gasteiger partial charge in [-0.15, -0.1) is 11.3 Å². The van der Waals surface area contributed by atoms with E-state index < -0.39 is 23.4 Å². The molecule has 1 N–H and O–H groups in total. The fourth-order valence-electron chi connectivity index (χ4n) is 1.64. The molecule has 0 radical (unpaired) electrons. The molecule has 0 fully saturated rings. The summed E-state index contributed by atoms with van der Waals surface area (Å²) in [6, 6.07) is 3.28. The maximum atomic E-state index is 12.7. The molecule has 0 unspecified atom stereocenters. The van der Waals surface area contributed by atoms with E-state index in [0.29, 0.717) is 11.4 Å². The normalized spacial score (nSPS) is 17.1. The number of anilines is 1. The third kappa shape index (κ3) is 3.42. The lowest BCUT2D eigenvalue weighted by Crippen LogP contribution is -2.24. The number of carbonyl (C=O) groups excluding carboxylic acids is 1. The molecule has 1 aliphatic rings. The van der Waals surface area contributed by atoms with Gasteiger partial charge in [-0.2, -0.15) is 13.2 Å². The van der Waals surface area contributed by atoms with Crippen molar-refractivity contribution in [3.8, 4) is 0 Å².